The highest BCUT2D eigenvalue weighted by atomic mass is 16.5. The van der Waals surface area contributed by atoms with Crippen LogP contribution >= 0.6 is 0 Å². The second kappa shape index (κ2) is 5.64. The van der Waals surface area contributed by atoms with Gasteiger partial charge in [-0.25, -0.2) is 0 Å². The predicted octanol–water partition coefficient (Wildman–Crippen LogP) is 3.63. The molecule has 0 aromatic rings. The summed E-state index contributed by atoms with van der Waals surface area (Å²) in [6.07, 6.45) is 7.50. The van der Waals surface area contributed by atoms with Gasteiger partial charge in [0.15, 0.2) is 0 Å². The van der Waals surface area contributed by atoms with Crippen LogP contribution in [0.2, 0.25) is 0 Å². The van der Waals surface area contributed by atoms with Gasteiger partial charge in [-0.05, 0) is 31.6 Å². The molecule has 1 fully saturated rings. The van der Waals surface area contributed by atoms with E-state index in [4.69, 9.17) is 4.74 Å². The van der Waals surface area contributed by atoms with E-state index in [-0.39, 0.29) is 0 Å². The maximum absolute atomic E-state index is 5.84. The van der Waals surface area contributed by atoms with Gasteiger partial charge in [0.25, 0.3) is 0 Å². The summed E-state index contributed by atoms with van der Waals surface area (Å²) >= 11 is 0. The van der Waals surface area contributed by atoms with Gasteiger partial charge in [0, 0.05) is 6.61 Å². The fourth-order valence-electron chi connectivity index (χ4n) is 1.83. The number of hydrogen-bond donors (Lipinski definition) is 0. The van der Waals surface area contributed by atoms with E-state index in [0.29, 0.717) is 12.0 Å². The van der Waals surface area contributed by atoms with Crippen LogP contribution in [0.4, 0.5) is 0 Å². The van der Waals surface area contributed by atoms with Crippen LogP contribution in [-0.2, 0) is 4.74 Å². The SMILES string of the molecule is CC(C)[C@@H](C)OCC1CCCCC1. The number of ether oxygens (including phenoxy) is 1. The Labute approximate surface area is 82.9 Å². The van der Waals surface area contributed by atoms with Crippen LogP contribution in [0.25, 0.3) is 0 Å². The van der Waals surface area contributed by atoms with Gasteiger partial charge in [0.1, 0.15) is 0 Å². The van der Waals surface area contributed by atoms with E-state index < -0.39 is 0 Å². The fourth-order valence-corrected chi connectivity index (χ4v) is 1.83. The summed E-state index contributed by atoms with van der Waals surface area (Å²) in [6.45, 7) is 7.64. The maximum Gasteiger partial charge on any atom is 0.0570 e. The Balaban J connectivity index is 2.10. The Morgan fingerprint density at radius 2 is 1.69 bits per heavy atom. The first-order valence-electron chi connectivity index (χ1n) is 5.81. The first-order valence-corrected chi connectivity index (χ1v) is 5.81. The highest BCUT2D eigenvalue weighted by Crippen LogP contribution is 2.24. The topological polar surface area (TPSA) is 9.23 Å². The van der Waals surface area contributed by atoms with Gasteiger partial charge in [-0.2, -0.15) is 0 Å². The summed E-state index contributed by atoms with van der Waals surface area (Å²) in [5, 5.41) is 0. The van der Waals surface area contributed by atoms with Crippen LogP contribution in [0.1, 0.15) is 52.9 Å². The molecule has 78 valence electrons. The smallest absolute Gasteiger partial charge is 0.0570 e. The van der Waals surface area contributed by atoms with Crippen molar-refractivity contribution in [3.63, 3.8) is 0 Å². The molecule has 1 nitrogen and oxygen atoms in total. The molecule has 0 aliphatic heterocycles. The maximum atomic E-state index is 5.84. The molecule has 0 saturated heterocycles. The summed E-state index contributed by atoms with van der Waals surface area (Å²) < 4.78 is 5.84. The van der Waals surface area contributed by atoms with Crippen LogP contribution in [0, 0.1) is 11.8 Å². The van der Waals surface area contributed by atoms with Gasteiger partial charge in [0.05, 0.1) is 6.10 Å². The van der Waals surface area contributed by atoms with E-state index in [1.54, 1.807) is 0 Å². The largest absolute Gasteiger partial charge is 0.378 e. The van der Waals surface area contributed by atoms with Gasteiger partial charge in [-0.3, -0.25) is 0 Å². The quantitative estimate of drug-likeness (QED) is 0.648. The lowest BCUT2D eigenvalue weighted by atomic mass is 9.90. The molecule has 13 heavy (non-hydrogen) atoms. The minimum atomic E-state index is 0.432. The van der Waals surface area contributed by atoms with Crippen LogP contribution < -0.4 is 0 Å². The zero-order chi connectivity index (χ0) is 9.68. The lowest BCUT2D eigenvalue weighted by Gasteiger charge is -2.24. The molecular formula is C12H24O. The second-order valence-corrected chi connectivity index (χ2v) is 4.79. The van der Waals surface area contributed by atoms with E-state index in [2.05, 4.69) is 20.8 Å². The minimum Gasteiger partial charge on any atom is -0.378 e. The molecule has 1 rings (SSSR count). The third kappa shape index (κ3) is 4.12. The van der Waals surface area contributed by atoms with Crippen LogP contribution in [0.15, 0.2) is 0 Å². The third-order valence-corrected chi connectivity index (χ3v) is 3.26. The molecule has 0 bridgehead atoms. The highest BCUT2D eigenvalue weighted by Gasteiger charge is 2.15. The molecule has 1 atom stereocenters. The normalized spacial score (nSPS) is 22.2. The Morgan fingerprint density at radius 1 is 1.08 bits per heavy atom. The molecule has 1 aliphatic carbocycles. The molecule has 1 saturated carbocycles. The Morgan fingerprint density at radius 3 is 2.23 bits per heavy atom. The average Bonchev–Trinajstić information content (AvgIpc) is 2.15. The fraction of sp³-hybridized carbons (Fsp3) is 1.00. The van der Waals surface area contributed by atoms with Gasteiger partial charge in [-0.15, -0.1) is 0 Å². The van der Waals surface area contributed by atoms with E-state index >= 15 is 0 Å². The van der Waals surface area contributed by atoms with Gasteiger partial charge >= 0.3 is 0 Å². The van der Waals surface area contributed by atoms with Gasteiger partial charge < -0.3 is 4.74 Å². The van der Waals surface area contributed by atoms with E-state index in [0.717, 1.165) is 12.5 Å². The van der Waals surface area contributed by atoms with Crippen molar-refractivity contribution in [3.8, 4) is 0 Å². The molecule has 0 aromatic heterocycles. The summed E-state index contributed by atoms with van der Waals surface area (Å²) in [5.41, 5.74) is 0. The van der Waals surface area contributed by atoms with E-state index in [1.165, 1.54) is 32.1 Å². The Kier molecular flexibility index (Phi) is 4.79. The van der Waals surface area contributed by atoms with Crippen molar-refractivity contribution in [2.75, 3.05) is 6.61 Å². The lowest BCUT2D eigenvalue weighted by molar-refractivity contribution is 0.00661. The third-order valence-electron chi connectivity index (χ3n) is 3.26. The standard InChI is InChI=1S/C12H24O/c1-10(2)11(3)13-9-12-7-5-4-6-8-12/h10-12H,4-9H2,1-3H3/t11-/m1/s1. The van der Waals surface area contributed by atoms with Gasteiger partial charge in [0.2, 0.25) is 0 Å². The molecule has 0 N–H and O–H groups in total. The Hall–Kier alpha value is -0.0400. The summed E-state index contributed by atoms with van der Waals surface area (Å²) in [7, 11) is 0. The van der Waals surface area contributed by atoms with Crippen molar-refractivity contribution in [2.24, 2.45) is 11.8 Å². The lowest BCUT2D eigenvalue weighted by Crippen LogP contribution is -2.21. The van der Waals surface area contributed by atoms with Crippen molar-refractivity contribution in [2.45, 2.75) is 59.0 Å². The molecule has 1 heteroatoms. The van der Waals surface area contributed by atoms with Crippen LogP contribution in [0.3, 0.4) is 0 Å². The Bertz CT molecular complexity index is 125. The van der Waals surface area contributed by atoms with Gasteiger partial charge in [-0.1, -0.05) is 33.1 Å². The predicted molar refractivity (Wildman–Crippen MR) is 56.8 cm³/mol. The van der Waals surface area contributed by atoms with Crippen molar-refractivity contribution < 1.29 is 4.74 Å². The molecule has 0 radical (unpaired) electrons. The first kappa shape index (κ1) is 11.0. The molecule has 0 heterocycles. The van der Waals surface area contributed by atoms with E-state index in [9.17, 15) is 0 Å². The van der Waals surface area contributed by atoms with Crippen molar-refractivity contribution >= 4 is 0 Å². The van der Waals surface area contributed by atoms with Crippen molar-refractivity contribution in [1.29, 1.82) is 0 Å². The summed E-state index contributed by atoms with van der Waals surface area (Å²) in [5.74, 6) is 1.51. The molecule has 0 spiro atoms. The zero-order valence-corrected chi connectivity index (χ0v) is 9.38. The van der Waals surface area contributed by atoms with Crippen molar-refractivity contribution in [3.05, 3.63) is 0 Å². The van der Waals surface area contributed by atoms with Crippen molar-refractivity contribution in [1.82, 2.24) is 0 Å². The van der Waals surface area contributed by atoms with E-state index in [1.807, 2.05) is 0 Å². The summed E-state index contributed by atoms with van der Waals surface area (Å²) in [4.78, 5) is 0. The highest BCUT2D eigenvalue weighted by molar-refractivity contribution is 4.66. The molecule has 1 aliphatic rings. The molecule has 0 unspecified atom stereocenters. The summed E-state index contributed by atoms with van der Waals surface area (Å²) in [6, 6.07) is 0. The monoisotopic (exact) mass is 184 g/mol. The second-order valence-electron chi connectivity index (χ2n) is 4.79. The molecule has 0 amide bonds. The molecular weight excluding hydrogens is 160 g/mol. The van der Waals surface area contributed by atoms with Crippen LogP contribution in [-0.4, -0.2) is 12.7 Å². The number of hydrogen-bond acceptors (Lipinski definition) is 1. The van der Waals surface area contributed by atoms with Crippen LogP contribution in [0.5, 0.6) is 0 Å². The minimum absolute atomic E-state index is 0.432. The molecule has 0 aromatic carbocycles. The first-order chi connectivity index (χ1) is 6.20. The average molecular weight is 184 g/mol. The number of rotatable bonds is 4. The zero-order valence-electron chi connectivity index (χ0n) is 9.38.